The summed E-state index contributed by atoms with van der Waals surface area (Å²) in [5.41, 5.74) is 4.18. The molecule has 6 nitrogen and oxygen atoms in total. The highest BCUT2D eigenvalue weighted by Gasteiger charge is 2.23. The molecule has 0 atom stereocenters. The van der Waals surface area contributed by atoms with Gasteiger partial charge in [-0.3, -0.25) is 4.98 Å². The molecule has 1 N–H and O–H groups in total. The molecule has 0 radical (unpaired) electrons. The van der Waals surface area contributed by atoms with Gasteiger partial charge in [-0.2, -0.15) is 0 Å². The van der Waals surface area contributed by atoms with Crippen LogP contribution in [0.25, 0.3) is 11.4 Å². The molecule has 0 saturated carbocycles. The summed E-state index contributed by atoms with van der Waals surface area (Å²) in [6.45, 7) is 5.92. The Hall–Kier alpha value is -3.64. The number of hydrogen-bond donors (Lipinski definition) is 1. The van der Waals surface area contributed by atoms with Gasteiger partial charge >= 0.3 is 0 Å². The van der Waals surface area contributed by atoms with Crippen LogP contribution in [-0.2, 0) is 6.42 Å². The number of pyridine rings is 1. The molecule has 0 bridgehead atoms. The average molecular weight is 500 g/mol. The van der Waals surface area contributed by atoms with Crippen LogP contribution >= 0.6 is 11.6 Å². The lowest BCUT2D eigenvalue weighted by atomic mass is 10.1. The first kappa shape index (κ1) is 24.1. The normalized spacial score (nSPS) is 14.0. The van der Waals surface area contributed by atoms with Crippen molar-refractivity contribution in [1.82, 2.24) is 15.0 Å². The summed E-state index contributed by atoms with van der Waals surface area (Å²) in [6, 6.07) is 20.1. The average Bonchev–Trinajstić information content (AvgIpc) is 2.91. The van der Waals surface area contributed by atoms with Gasteiger partial charge in [0.25, 0.3) is 0 Å². The van der Waals surface area contributed by atoms with Crippen LogP contribution in [-0.4, -0.2) is 34.1 Å². The molecule has 7 heteroatoms. The highest BCUT2D eigenvalue weighted by atomic mass is 35.5. The maximum Gasteiger partial charge on any atom is 0.165 e. The highest BCUT2D eigenvalue weighted by Crippen LogP contribution is 2.29. The molecular formula is C29H30ClN5O. The second kappa shape index (κ2) is 11.0. The largest absolute Gasteiger partial charge is 0.490 e. The first-order valence-corrected chi connectivity index (χ1v) is 12.8. The summed E-state index contributed by atoms with van der Waals surface area (Å²) in [6.07, 6.45) is 6.60. The molecule has 36 heavy (non-hydrogen) atoms. The fraction of sp³-hybridized carbons (Fsp3) is 0.276. The Morgan fingerprint density at radius 2 is 1.89 bits per heavy atom. The summed E-state index contributed by atoms with van der Waals surface area (Å²) < 4.78 is 6.31. The van der Waals surface area contributed by atoms with Crippen LogP contribution in [0.2, 0.25) is 5.02 Å². The lowest BCUT2D eigenvalue weighted by Gasteiger charge is -2.33. The van der Waals surface area contributed by atoms with Crippen molar-refractivity contribution >= 4 is 28.9 Å². The van der Waals surface area contributed by atoms with Crippen LogP contribution in [0, 0.1) is 6.92 Å². The Kier molecular flexibility index (Phi) is 7.33. The van der Waals surface area contributed by atoms with Crippen LogP contribution in [0.1, 0.15) is 30.9 Å². The number of halogens is 1. The summed E-state index contributed by atoms with van der Waals surface area (Å²) in [4.78, 5) is 16.3. The minimum absolute atomic E-state index is 0.194. The third kappa shape index (κ3) is 5.77. The quantitative estimate of drug-likeness (QED) is 0.300. The first-order chi connectivity index (χ1) is 17.6. The van der Waals surface area contributed by atoms with E-state index in [0.717, 1.165) is 66.6 Å². The van der Waals surface area contributed by atoms with Gasteiger partial charge < -0.3 is 15.0 Å². The van der Waals surface area contributed by atoms with Gasteiger partial charge in [-0.05, 0) is 60.9 Å². The van der Waals surface area contributed by atoms with Crippen molar-refractivity contribution in [2.24, 2.45) is 0 Å². The van der Waals surface area contributed by atoms with Gasteiger partial charge in [0.1, 0.15) is 23.5 Å². The van der Waals surface area contributed by atoms with Gasteiger partial charge in [0.2, 0.25) is 0 Å². The second-order valence-electron chi connectivity index (χ2n) is 9.07. The fourth-order valence-corrected chi connectivity index (χ4v) is 4.56. The molecule has 1 saturated heterocycles. The molecule has 2 aromatic heterocycles. The number of piperidine rings is 1. The van der Waals surface area contributed by atoms with E-state index >= 15 is 0 Å². The van der Waals surface area contributed by atoms with E-state index in [2.05, 4.69) is 40.3 Å². The minimum atomic E-state index is 0.194. The maximum atomic E-state index is 6.31. The molecule has 1 fully saturated rings. The van der Waals surface area contributed by atoms with Gasteiger partial charge in [-0.25, -0.2) is 9.97 Å². The zero-order chi connectivity index (χ0) is 24.9. The van der Waals surface area contributed by atoms with E-state index in [0.29, 0.717) is 10.8 Å². The molecule has 184 valence electrons. The van der Waals surface area contributed by atoms with Crippen molar-refractivity contribution in [1.29, 1.82) is 0 Å². The van der Waals surface area contributed by atoms with Crippen molar-refractivity contribution in [3.05, 3.63) is 89.2 Å². The number of nitrogens with zero attached hydrogens (tertiary/aromatic N) is 4. The Morgan fingerprint density at radius 3 is 2.67 bits per heavy atom. The fourth-order valence-electron chi connectivity index (χ4n) is 4.39. The Morgan fingerprint density at radius 1 is 1.03 bits per heavy atom. The van der Waals surface area contributed by atoms with Gasteiger partial charge in [0.15, 0.2) is 5.82 Å². The number of hydrogen-bond acceptors (Lipinski definition) is 6. The highest BCUT2D eigenvalue weighted by molar-refractivity contribution is 6.30. The third-order valence-corrected chi connectivity index (χ3v) is 6.71. The zero-order valence-corrected chi connectivity index (χ0v) is 21.4. The number of anilines is 3. The first-order valence-electron chi connectivity index (χ1n) is 12.4. The Labute approximate surface area is 217 Å². The van der Waals surface area contributed by atoms with Crippen molar-refractivity contribution in [3.8, 4) is 17.1 Å². The number of nitrogens with one attached hydrogen (secondary N) is 1. The molecule has 0 spiro atoms. The molecule has 3 heterocycles. The molecule has 5 rings (SSSR count). The van der Waals surface area contributed by atoms with Crippen molar-refractivity contribution in [2.45, 2.75) is 39.2 Å². The topological polar surface area (TPSA) is 63.2 Å². The van der Waals surface area contributed by atoms with Crippen molar-refractivity contribution < 1.29 is 4.74 Å². The number of benzene rings is 2. The summed E-state index contributed by atoms with van der Waals surface area (Å²) in [7, 11) is 0. The lowest BCUT2D eigenvalue weighted by Crippen LogP contribution is -2.38. The van der Waals surface area contributed by atoms with Crippen LogP contribution in [0.15, 0.2) is 73.1 Å². The van der Waals surface area contributed by atoms with Crippen LogP contribution in [0.5, 0.6) is 5.75 Å². The van der Waals surface area contributed by atoms with Crippen LogP contribution < -0.4 is 15.0 Å². The maximum absolute atomic E-state index is 6.31. The summed E-state index contributed by atoms with van der Waals surface area (Å²) in [5.74, 6) is 3.20. The van der Waals surface area contributed by atoms with E-state index in [1.807, 2.05) is 49.4 Å². The molecule has 2 aromatic carbocycles. The smallest absolute Gasteiger partial charge is 0.165 e. The van der Waals surface area contributed by atoms with Crippen LogP contribution in [0.3, 0.4) is 0 Å². The van der Waals surface area contributed by atoms with E-state index in [1.54, 1.807) is 12.4 Å². The third-order valence-electron chi connectivity index (χ3n) is 6.47. The molecular weight excluding hydrogens is 470 g/mol. The van der Waals surface area contributed by atoms with E-state index in [-0.39, 0.29) is 6.10 Å². The molecule has 0 unspecified atom stereocenters. The Bertz CT molecular complexity index is 1320. The number of rotatable bonds is 7. The number of aryl methyl sites for hydroxylation is 2. The van der Waals surface area contributed by atoms with E-state index in [1.165, 1.54) is 5.56 Å². The summed E-state index contributed by atoms with van der Waals surface area (Å²) in [5, 5.41) is 4.12. The molecule has 4 aromatic rings. The summed E-state index contributed by atoms with van der Waals surface area (Å²) >= 11 is 6.25. The van der Waals surface area contributed by atoms with E-state index < -0.39 is 0 Å². The lowest BCUT2D eigenvalue weighted by molar-refractivity contribution is 0.170. The van der Waals surface area contributed by atoms with Crippen molar-refractivity contribution in [2.75, 3.05) is 23.3 Å². The predicted octanol–water partition coefficient (Wildman–Crippen LogP) is 6.85. The predicted molar refractivity (Wildman–Crippen MR) is 146 cm³/mol. The van der Waals surface area contributed by atoms with Crippen molar-refractivity contribution in [3.63, 3.8) is 0 Å². The SMILES string of the molecule is CCc1cccc(OC2CCN(c3cc(Nc4cc(Cl)ccc4C)nc(-c4cccnc4)n3)CC2)c1. The van der Waals surface area contributed by atoms with Crippen LogP contribution in [0.4, 0.5) is 17.3 Å². The molecule has 0 aliphatic carbocycles. The zero-order valence-electron chi connectivity index (χ0n) is 20.6. The number of ether oxygens (including phenoxy) is 1. The van der Waals surface area contributed by atoms with Gasteiger partial charge in [-0.15, -0.1) is 0 Å². The van der Waals surface area contributed by atoms with Gasteiger partial charge in [0.05, 0.1) is 0 Å². The van der Waals surface area contributed by atoms with E-state index in [4.69, 9.17) is 26.3 Å². The van der Waals surface area contributed by atoms with Gasteiger partial charge in [-0.1, -0.05) is 36.7 Å². The molecule has 1 aliphatic heterocycles. The molecule has 1 aliphatic rings. The standard InChI is InChI=1S/C29H30ClN5O/c1-3-21-6-4-8-25(16-21)36-24-11-14-35(15-12-24)28-18-27(32-26-17-23(30)10-9-20(26)2)33-29(34-28)22-7-5-13-31-19-22/h4-10,13,16-19,24H,3,11-12,14-15H2,1-2H3,(H,32,33,34). The monoisotopic (exact) mass is 499 g/mol. The molecule has 0 amide bonds. The van der Waals surface area contributed by atoms with Gasteiger partial charge in [0, 0.05) is 60.7 Å². The minimum Gasteiger partial charge on any atom is -0.490 e. The number of aromatic nitrogens is 3. The van der Waals surface area contributed by atoms with E-state index in [9.17, 15) is 0 Å². The second-order valence-corrected chi connectivity index (χ2v) is 9.50. The Balaban J connectivity index is 1.36.